The number of hydrogen-bond donors (Lipinski definition) is 1. The molecule has 1 aliphatic carbocycles. The molecule has 2 heterocycles. The molecule has 1 N–H and O–H groups in total. The molecule has 0 saturated heterocycles. The molecule has 0 spiro atoms. The predicted octanol–water partition coefficient (Wildman–Crippen LogP) is 4.04. The molecule has 0 bridgehead atoms. The number of carbonyl (C=O) groups is 2. The highest BCUT2D eigenvalue weighted by Crippen LogP contribution is 2.42. The maximum atomic E-state index is 13.2. The van der Waals surface area contributed by atoms with Crippen LogP contribution in [0.2, 0.25) is 0 Å². The van der Waals surface area contributed by atoms with Crippen LogP contribution in [0.15, 0.2) is 64.9 Å². The zero-order valence-electron chi connectivity index (χ0n) is 15.5. The quantitative estimate of drug-likeness (QED) is 0.877. The Bertz CT molecular complexity index is 981. The summed E-state index contributed by atoms with van der Waals surface area (Å²) in [6.45, 7) is 1.81. The molecule has 1 unspecified atom stereocenters. The summed E-state index contributed by atoms with van der Waals surface area (Å²) in [6, 6.07) is 11.1. The summed E-state index contributed by atoms with van der Waals surface area (Å²) in [4.78, 5) is 35.0. The van der Waals surface area contributed by atoms with E-state index < -0.39 is 11.8 Å². The Kier molecular flexibility index (Phi) is 4.86. The Morgan fingerprint density at radius 2 is 1.93 bits per heavy atom. The molecule has 0 saturated carbocycles. The zero-order valence-corrected chi connectivity index (χ0v) is 15.5. The van der Waals surface area contributed by atoms with Crippen molar-refractivity contribution in [3.05, 3.63) is 71.4 Å². The van der Waals surface area contributed by atoms with Crippen molar-refractivity contribution < 1.29 is 14.0 Å². The minimum Gasteiger partial charge on any atom is -0.325 e. The summed E-state index contributed by atoms with van der Waals surface area (Å²) in [5.41, 5.74) is 3.21. The molecule has 5 nitrogen and oxygen atoms in total. The first-order valence-electron chi connectivity index (χ1n) is 9.33. The van der Waals surface area contributed by atoms with Crippen LogP contribution in [0.3, 0.4) is 0 Å². The van der Waals surface area contributed by atoms with Crippen LogP contribution in [0, 0.1) is 11.7 Å². The second-order valence-electron chi connectivity index (χ2n) is 7.10. The van der Waals surface area contributed by atoms with Crippen molar-refractivity contribution in [2.24, 2.45) is 10.9 Å². The van der Waals surface area contributed by atoms with E-state index in [0.717, 1.165) is 18.5 Å². The highest BCUT2D eigenvalue weighted by atomic mass is 19.1. The number of aliphatic imine (C=N–C) groups is 1. The molecule has 1 aromatic heterocycles. The number of allylic oxidation sites excluding steroid dienone is 2. The van der Waals surface area contributed by atoms with E-state index in [9.17, 15) is 14.0 Å². The molecule has 2 atom stereocenters. The lowest BCUT2D eigenvalue weighted by molar-refractivity contribution is -0.119. The Morgan fingerprint density at radius 3 is 2.64 bits per heavy atom. The van der Waals surface area contributed by atoms with Gasteiger partial charge in [0.25, 0.3) is 0 Å². The molecule has 1 amide bonds. The van der Waals surface area contributed by atoms with Crippen molar-refractivity contribution in [1.29, 1.82) is 0 Å². The van der Waals surface area contributed by atoms with Gasteiger partial charge in [0.05, 0.1) is 5.92 Å². The summed E-state index contributed by atoms with van der Waals surface area (Å²) >= 11 is 0. The van der Waals surface area contributed by atoms with Crippen LogP contribution < -0.4 is 5.32 Å². The SMILES string of the molecule is CC1=NC2=C(C(=O)CCC2)[C@@H](c2ccccn2)C1C(=O)Nc1ccc(F)cc1. The van der Waals surface area contributed by atoms with Crippen molar-refractivity contribution in [3.63, 3.8) is 0 Å². The van der Waals surface area contributed by atoms with E-state index in [2.05, 4.69) is 15.3 Å². The number of ketones is 1. The Hall–Kier alpha value is -3.15. The van der Waals surface area contributed by atoms with Crippen LogP contribution in [-0.4, -0.2) is 22.4 Å². The van der Waals surface area contributed by atoms with Gasteiger partial charge in [-0.15, -0.1) is 0 Å². The molecule has 28 heavy (non-hydrogen) atoms. The number of rotatable bonds is 3. The van der Waals surface area contributed by atoms with Crippen LogP contribution in [-0.2, 0) is 9.59 Å². The van der Waals surface area contributed by atoms with E-state index in [4.69, 9.17) is 0 Å². The van der Waals surface area contributed by atoms with Crippen LogP contribution in [0.25, 0.3) is 0 Å². The molecule has 6 heteroatoms. The van der Waals surface area contributed by atoms with E-state index in [0.29, 0.717) is 29.1 Å². The molecular weight excluding hydrogens is 357 g/mol. The van der Waals surface area contributed by atoms with Gasteiger partial charge in [-0.3, -0.25) is 19.6 Å². The first-order chi connectivity index (χ1) is 13.5. The third kappa shape index (κ3) is 3.38. The fourth-order valence-corrected chi connectivity index (χ4v) is 3.98. The fraction of sp³-hybridized carbons (Fsp3) is 0.273. The summed E-state index contributed by atoms with van der Waals surface area (Å²) in [5.74, 6) is -1.74. The number of nitrogens with one attached hydrogen (secondary N) is 1. The van der Waals surface area contributed by atoms with E-state index >= 15 is 0 Å². The molecule has 4 rings (SSSR count). The molecule has 2 aromatic rings. The van der Waals surface area contributed by atoms with Crippen molar-refractivity contribution in [1.82, 2.24) is 4.98 Å². The molecule has 1 aromatic carbocycles. The van der Waals surface area contributed by atoms with Crippen molar-refractivity contribution >= 4 is 23.1 Å². The van der Waals surface area contributed by atoms with E-state index in [-0.39, 0.29) is 17.5 Å². The lowest BCUT2D eigenvalue weighted by Crippen LogP contribution is -2.39. The van der Waals surface area contributed by atoms with Crippen molar-refractivity contribution in [2.45, 2.75) is 32.1 Å². The second kappa shape index (κ2) is 7.46. The van der Waals surface area contributed by atoms with Gasteiger partial charge in [0.15, 0.2) is 5.78 Å². The summed E-state index contributed by atoms with van der Waals surface area (Å²) < 4.78 is 13.2. The van der Waals surface area contributed by atoms with Crippen molar-refractivity contribution in [3.8, 4) is 0 Å². The number of anilines is 1. The Labute approximate surface area is 162 Å². The van der Waals surface area contributed by atoms with E-state index in [1.54, 1.807) is 12.3 Å². The first-order valence-corrected chi connectivity index (χ1v) is 9.33. The maximum absolute atomic E-state index is 13.2. The number of halogens is 1. The van der Waals surface area contributed by atoms with Crippen LogP contribution in [0.1, 0.15) is 37.8 Å². The van der Waals surface area contributed by atoms with Crippen LogP contribution in [0.5, 0.6) is 0 Å². The molecule has 0 fully saturated rings. The number of hydrogen-bond acceptors (Lipinski definition) is 4. The van der Waals surface area contributed by atoms with Gasteiger partial charge in [-0.1, -0.05) is 6.07 Å². The second-order valence-corrected chi connectivity index (χ2v) is 7.10. The summed E-state index contributed by atoms with van der Waals surface area (Å²) in [5, 5.41) is 2.83. The number of nitrogens with zero attached hydrogens (tertiary/aromatic N) is 2. The minimum atomic E-state index is -0.652. The first kappa shape index (κ1) is 18.2. The number of benzene rings is 1. The van der Waals surface area contributed by atoms with Gasteiger partial charge in [-0.05, 0) is 56.2 Å². The number of pyridine rings is 1. The monoisotopic (exact) mass is 377 g/mol. The smallest absolute Gasteiger partial charge is 0.234 e. The molecule has 142 valence electrons. The van der Waals surface area contributed by atoms with E-state index in [1.165, 1.54) is 24.3 Å². The average Bonchev–Trinajstić information content (AvgIpc) is 2.69. The Balaban J connectivity index is 1.75. The van der Waals surface area contributed by atoms with Crippen molar-refractivity contribution in [2.75, 3.05) is 5.32 Å². The highest BCUT2D eigenvalue weighted by molar-refractivity contribution is 6.13. The third-order valence-corrected chi connectivity index (χ3v) is 5.24. The van der Waals surface area contributed by atoms with Gasteiger partial charge in [0.2, 0.25) is 5.91 Å². The topological polar surface area (TPSA) is 71.4 Å². The number of Topliss-reactive ketones (excluding diaryl/α,β-unsaturated/α-hetero) is 1. The lowest BCUT2D eigenvalue weighted by atomic mass is 9.73. The van der Waals surface area contributed by atoms with Gasteiger partial charge in [-0.2, -0.15) is 0 Å². The minimum absolute atomic E-state index is 0.0349. The average molecular weight is 377 g/mol. The lowest BCUT2D eigenvalue weighted by Gasteiger charge is -2.34. The highest BCUT2D eigenvalue weighted by Gasteiger charge is 2.42. The fourth-order valence-electron chi connectivity index (χ4n) is 3.98. The Morgan fingerprint density at radius 1 is 1.14 bits per heavy atom. The van der Waals surface area contributed by atoms with Crippen LogP contribution in [0.4, 0.5) is 10.1 Å². The van der Waals surface area contributed by atoms with Gasteiger partial charge < -0.3 is 5.32 Å². The largest absolute Gasteiger partial charge is 0.325 e. The molecular formula is C22H20FN3O2. The normalized spacial score (nSPS) is 21.8. The van der Waals surface area contributed by atoms with E-state index in [1.807, 2.05) is 19.1 Å². The molecule has 1 aliphatic heterocycles. The zero-order chi connectivity index (χ0) is 19.7. The third-order valence-electron chi connectivity index (χ3n) is 5.24. The van der Waals surface area contributed by atoms with Gasteiger partial charge in [-0.25, -0.2) is 4.39 Å². The summed E-state index contributed by atoms with van der Waals surface area (Å²) in [6.07, 6.45) is 3.63. The van der Waals surface area contributed by atoms with Gasteiger partial charge in [0, 0.05) is 46.9 Å². The van der Waals surface area contributed by atoms with Gasteiger partial charge in [0.1, 0.15) is 5.82 Å². The summed E-state index contributed by atoms with van der Waals surface area (Å²) in [7, 11) is 0. The van der Waals surface area contributed by atoms with Crippen LogP contribution >= 0.6 is 0 Å². The molecule has 2 aliphatic rings. The van der Waals surface area contributed by atoms with Gasteiger partial charge >= 0.3 is 0 Å². The number of aromatic nitrogens is 1. The standard InChI is InChI=1S/C22H20FN3O2/c1-13-19(22(28)26-15-10-8-14(23)9-11-15)21(16-5-2-3-12-24-16)20-17(25-13)6-4-7-18(20)27/h2-3,5,8-12,19,21H,4,6-7H2,1H3,(H,26,28)/t19?,21-/m0/s1. The maximum Gasteiger partial charge on any atom is 0.234 e. The predicted molar refractivity (Wildman–Crippen MR) is 104 cm³/mol. The number of carbonyl (C=O) groups excluding carboxylic acids is 2. The molecule has 0 radical (unpaired) electrons. The number of amides is 1.